The van der Waals surface area contributed by atoms with Gasteiger partial charge in [0.05, 0.1) is 13.5 Å². The third-order valence-corrected chi connectivity index (χ3v) is 4.01. The van der Waals surface area contributed by atoms with E-state index in [9.17, 15) is 4.79 Å². The number of benzene rings is 1. The van der Waals surface area contributed by atoms with Gasteiger partial charge in [0.2, 0.25) is 0 Å². The molecule has 0 spiro atoms. The summed E-state index contributed by atoms with van der Waals surface area (Å²) >= 11 is 6.34. The molecule has 2 nitrogen and oxygen atoms in total. The first-order valence-electron chi connectivity index (χ1n) is 6.56. The molecule has 2 rings (SSSR count). The van der Waals surface area contributed by atoms with E-state index in [1.54, 1.807) is 0 Å². The second-order valence-electron chi connectivity index (χ2n) is 4.94. The summed E-state index contributed by atoms with van der Waals surface area (Å²) in [5.41, 5.74) is 2.16. The van der Waals surface area contributed by atoms with E-state index in [4.69, 9.17) is 11.6 Å². The summed E-state index contributed by atoms with van der Waals surface area (Å²) in [4.78, 5) is 11.2. The number of hydrogen-bond acceptors (Lipinski definition) is 2. The van der Waals surface area contributed by atoms with Gasteiger partial charge in [-0.15, -0.1) is 0 Å². The molecule has 1 aromatic carbocycles. The first kappa shape index (κ1) is 13.4. The number of halogens is 1. The van der Waals surface area contributed by atoms with Gasteiger partial charge in [-0.3, -0.25) is 4.79 Å². The Labute approximate surface area is 113 Å². The highest BCUT2D eigenvalue weighted by Crippen LogP contribution is 2.36. The standard InChI is InChI=1S/C15H19ClO2/c1-18-15(17)10-11-7-8-13(14(16)9-11)12-5-3-2-4-6-12/h7-9,12H,2-6,10H2,1H3. The van der Waals surface area contributed by atoms with Crippen LogP contribution >= 0.6 is 11.6 Å². The van der Waals surface area contributed by atoms with Gasteiger partial charge >= 0.3 is 5.97 Å². The number of carbonyl (C=O) groups is 1. The molecule has 18 heavy (non-hydrogen) atoms. The van der Waals surface area contributed by atoms with E-state index in [2.05, 4.69) is 10.8 Å². The van der Waals surface area contributed by atoms with E-state index in [1.165, 1.54) is 44.8 Å². The molecular formula is C15H19ClO2. The van der Waals surface area contributed by atoms with Crippen LogP contribution in [0.2, 0.25) is 5.02 Å². The molecule has 0 radical (unpaired) electrons. The van der Waals surface area contributed by atoms with E-state index in [1.807, 2.05) is 12.1 Å². The average Bonchev–Trinajstić information content (AvgIpc) is 2.40. The molecule has 3 heteroatoms. The Morgan fingerprint density at radius 1 is 1.33 bits per heavy atom. The van der Waals surface area contributed by atoms with Crippen LogP contribution in [0.3, 0.4) is 0 Å². The van der Waals surface area contributed by atoms with Crippen molar-refractivity contribution in [2.45, 2.75) is 44.4 Å². The first-order valence-corrected chi connectivity index (χ1v) is 6.93. The minimum absolute atomic E-state index is 0.225. The molecule has 1 aliphatic rings. The molecule has 0 unspecified atom stereocenters. The summed E-state index contributed by atoms with van der Waals surface area (Å²) in [6.07, 6.45) is 6.69. The lowest BCUT2D eigenvalue weighted by molar-refractivity contribution is -0.139. The van der Waals surface area contributed by atoms with E-state index in [-0.39, 0.29) is 5.97 Å². The van der Waals surface area contributed by atoms with Crippen LogP contribution < -0.4 is 0 Å². The molecule has 1 fully saturated rings. The van der Waals surface area contributed by atoms with Crippen molar-refractivity contribution in [2.24, 2.45) is 0 Å². The smallest absolute Gasteiger partial charge is 0.309 e. The Bertz CT molecular complexity index is 423. The lowest BCUT2D eigenvalue weighted by atomic mass is 9.84. The van der Waals surface area contributed by atoms with Crippen molar-refractivity contribution in [3.8, 4) is 0 Å². The lowest BCUT2D eigenvalue weighted by Gasteiger charge is -2.23. The van der Waals surface area contributed by atoms with Crippen LogP contribution in [0.5, 0.6) is 0 Å². The zero-order chi connectivity index (χ0) is 13.0. The second kappa shape index (κ2) is 6.24. The number of rotatable bonds is 3. The van der Waals surface area contributed by atoms with Crippen molar-refractivity contribution >= 4 is 17.6 Å². The monoisotopic (exact) mass is 266 g/mol. The summed E-state index contributed by atoms with van der Waals surface area (Å²) in [5, 5.41) is 0.795. The fourth-order valence-corrected chi connectivity index (χ4v) is 3.02. The molecule has 0 N–H and O–H groups in total. The normalized spacial score (nSPS) is 16.6. The van der Waals surface area contributed by atoms with Crippen LogP contribution in [0.25, 0.3) is 0 Å². The molecule has 98 valence electrons. The summed E-state index contributed by atoms with van der Waals surface area (Å²) in [6.45, 7) is 0. The predicted octanol–water partition coefficient (Wildman–Crippen LogP) is 4.10. The SMILES string of the molecule is COC(=O)Cc1ccc(C2CCCCC2)c(Cl)c1. The van der Waals surface area contributed by atoms with Crippen LogP contribution in [-0.4, -0.2) is 13.1 Å². The first-order chi connectivity index (χ1) is 8.70. The number of hydrogen-bond donors (Lipinski definition) is 0. The molecule has 0 saturated heterocycles. The van der Waals surface area contributed by atoms with Crippen molar-refractivity contribution in [3.63, 3.8) is 0 Å². The van der Waals surface area contributed by atoms with E-state index >= 15 is 0 Å². The third-order valence-electron chi connectivity index (χ3n) is 3.69. The highest BCUT2D eigenvalue weighted by molar-refractivity contribution is 6.31. The topological polar surface area (TPSA) is 26.3 Å². The summed E-state index contributed by atoms with van der Waals surface area (Å²) in [5.74, 6) is 0.370. The van der Waals surface area contributed by atoms with Crippen LogP contribution in [0, 0.1) is 0 Å². The minimum atomic E-state index is -0.225. The van der Waals surface area contributed by atoms with Gasteiger partial charge in [-0.05, 0) is 36.0 Å². The number of ether oxygens (including phenoxy) is 1. The van der Waals surface area contributed by atoms with Crippen molar-refractivity contribution in [2.75, 3.05) is 7.11 Å². The predicted molar refractivity (Wildman–Crippen MR) is 73.0 cm³/mol. The minimum Gasteiger partial charge on any atom is -0.469 e. The highest BCUT2D eigenvalue weighted by atomic mass is 35.5. The Kier molecular flexibility index (Phi) is 4.65. The molecule has 0 aromatic heterocycles. The molecule has 0 amide bonds. The summed E-state index contributed by atoms with van der Waals surface area (Å²) in [7, 11) is 1.40. The molecule has 1 aliphatic carbocycles. The van der Waals surface area contributed by atoms with Gasteiger partial charge in [0, 0.05) is 5.02 Å². The van der Waals surface area contributed by atoms with Crippen molar-refractivity contribution in [1.82, 2.24) is 0 Å². The van der Waals surface area contributed by atoms with Gasteiger partial charge < -0.3 is 4.74 Å². The molecule has 0 aliphatic heterocycles. The number of carbonyl (C=O) groups excluding carboxylic acids is 1. The highest BCUT2D eigenvalue weighted by Gasteiger charge is 2.18. The van der Waals surface area contributed by atoms with Crippen LogP contribution in [0.15, 0.2) is 18.2 Å². The van der Waals surface area contributed by atoms with Gasteiger partial charge in [0.25, 0.3) is 0 Å². The van der Waals surface area contributed by atoms with Gasteiger partial charge in [0.1, 0.15) is 0 Å². The van der Waals surface area contributed by atoms with Gasteiger partial charge in [-0.1, -0.05) is 43.0 Å². The Hall–Kier alpha value is -1.02. The Morgan fingerprint density at radius 3 is 2.67 bits per heavy atom. The fourth-order valence-electron chi connectivity index (χ4n) is 2.66. The van der Waals surface area contributed by atoms with Crippen LogP contribution in [-0.2, 0) is 16.0 Å². The third kappa shape index (κ3) is 3.26. The molecule has 1 aromatic rings. The number of methoxy groups -OCH3 is 1. The van der Waals surface area contributed by atoms with E-state index < -0.39 is 0 Å². The average molecular weight is 267 g/mol. The molecule has 1 saturated carbocycles. The lowest BCUT2D eigenvalue weighted by Crippen LogP contribution is -2.07. The maximum absolute atomic E-state index is 11.2. The van der Waals surface area contributed by atoms with E-state index in [0.717, 1.165) is 10.6 Å². The molecule has 0 atom stereocenters. The second-order valence-corrected chi connectivity index (χ2v) is 5.35. The van der Waals surface area contributed by atoms with Crippen molar-refractivity contribution in [1.29, 1.82) is 0 Å². The largest absolute Gasteiger partial charge is 0.469 e. The Balaban J connectivity index is 2.11. The zero-order valence-corrected chi connectivity index (χ0v) is 11.5. The molecular weight excluding hydrogens is 248 g/mol. The summed E-state index contributed by atoms with van der Waals surface area (Å²) in [6, 6.07) is 5.98. The quantitative estimate of drug-likeness (QED) is 0.770. The van der Waals surface area contributed by atoms with Gasteiger partial charge in [-0.2, -0.15) is 0 Å². The zero-order valence-electron chi connectivity index (χ0n) is 10.7. The van der Waals surface area contributed by atoms with Gasteiger partial charge in [-0.25, -0.2) is 0 Å². The molecule has 0 bridgehead atoms. The molecule has 0 heterocycles. The van der Waals surface area contributed by atoms with Gasteiger partial charge in [0.15, 0.2) is 0 Å². The maximum Gasteiger partial charge on any atom is 0.309 e. The van der Waals surface area contributed by atoms with Crippen LogP contribution in [0.1, 0.15) is 49.1 Å². The van der Waals surface area contributed by atoms with E-state index in [0.29, 0.717) is 12.3 Å². The summed E-state index contributed by atoms with van der Waals surface area (Å²) < 4.78 is 4.66. The van der Waals surface area contributed by atoms with Crippen molar-refractivity contribution < 1.29 is 9.53 Å². The number of esters is 1. The Morgan fingerprint density at radius 2 is 2.06 bits per heavy atom. The van der Waals surface area contributed by atoms with Crippen molar-refractivity contribution in [3.05, 3.63) is 34.3 Å². The fraction of sp³-hybridized carbons (Fsp3) is 0.533. The maximum atomic E-state index is 11.2. The van der Waals surface area contributed by atoms with Crippen LogP contribution in [0.4, 0.5) is 0 Å².